The van der Waals surface area contributed by atoms with Gasteiger partial charge in [-0.3, -0.25) is 0 Å². The zero-order chi connectivity index (χ0) is 14.0. The molecule has 0 aliphatic rings. The molecule has 0 aliphatic heterocycles. The highest BCUT2D eigenvalue weighted by Gasteiger charge is 2.31. The number of aromatic nitrogens is 4. The minimum absolute atomic E-state index is 0.0304. The fraction of sp³-hybridized carbons (Fsp3) is 0.300. The average Bonchev–Trinajstić information content (AvgIpc) is 2.70. The third kappa shape index (κ3) is 3.34. The maximum absolute atomic E-state index is 12.6. The van der Waals surface area contributed by atoms with Crippen molar-refractivity contribution >= 4 is 17.4 Å². The van der Waals surface area contributed by atoms with Gasteiger partial charge in [0, 0.05) is 7.05 Å². The SMILES string of the molecule is Cn1cnnc1CNc1cc(C(F)(F)F)cc(Cl)n1. The monoisotopic (exact) mass is 291 g/mol. The topological polar surface area (TPSA) is 55.6 Å². The van der Waals surface area contributed by atoms with Crippen LogP contribution in [0.1, 0.15) is 11.4 Å². The van der Waals surface area contributed by atoms with Crippen molar-refractivity contribution < 1.29 is 13.2 Å². The van der Waals surface area contributed by atoms with Crippen LogP contribution in [0.5, 0.6) is 0 Å². The molecule has 1 N–H and O–H groups in total. The lowest BCUT2D eigenvalue weighted by Crippen LogP contribution is -2.10. The van der Waals surface area contributed by atoms with Gasteiger partial charge in [-0.25, -0.2) is 4.98 Å². The summed E-state index contributed by atoms with van der Waals surface area (Å²) in [5, 5.41) is 9.94. The first kappa shape index (κ1) is 13.6. The van der Waals surface area contributed by atoms with Gasteiger partial charge in [-0.15, -0.1) is 10.2 Å². The molecule has 0 aliphatic carbocycles. The van der Waals surface area contributed by atoms with Crippen molar-refractivity contribution in [3.8, 4) is 0 Å². The normalized spacial score (nSPS) is 11.6. The Morgan fingerprint density at radius 3 is 2.68 bits per heavy atom. The van der Waals surface area contributed by atoms with Crippen LogP contribution < -0.4 is 5.32 Å². The molecule has 0 atom stereocenters. The van der Waals surface area contributed by atoms with Crippen molar-refractivity contribution in [2.75, 3.05) is 5.32 Å². The Hall–Kier alpha value is -1.83. The summed E-state index contributed by atoms with van der Waals surface area (Å²) >= 11 is 5.56. The lowest BCUT2D eigenvalue weighted by molar-refractivity contribution is -0.137. The molecular formula is C10H9ClF3N5. The van der Waals surface area contributed by atoms with Crippen LogP contribution in [0.3, 0.4) is 0 Å². The summed E-state index contributed by atoms with van der Waals surface area (Å²) < 4.78 is 39.4. The minimum atomic E-state index is -4.46. The van der Waals surface area contributed by atoms with E-state index in [0.29, 0.717) is 5.82 Å². The van der Waals surface area contributed by atoms with Crippen LogP contribution in [0.15, 0.2) is 18.5 Å². The van der Waals surface area contributed by atoms with E-state index in [1.807, 2.05) is 0 Å². The molecule has 0 spiro atoms. The Morgan fingerprint density at radius 2 is 2.11 bits per heavy atom. The predicted octanol–water partition coefficient (Wildman–Crippen LogP) is 2.49. The van der Waals surface area contributed by atoms with Crippen LogP contribution >= 0.6 is 11.6 Å². The summed E-state index contributed by atoms with van der Waals surface area (Å²) in [6.07, 6.45) is -2.97. The number of hydrogen-bond acceptors (Lipinski definition) is 4. The van der Waals surface area contributed by atoms with E-state index in [0.717, 1.165) is 12.1 Å². The molecule has 0 saturated heterocycles. The molecule has 2 heterocycles. The molecule has 2 aromatic heterocycles. The smallest absolute Gasteiger partial charge is 0.363 e. The Morgan fingerprint density at radius 1 is 1.37 bits per heavy atom. The van der Waals surface area contributed by atoms with Crippen molar-refractivity contribution in [3.63, 3.8) is 0 Å². The van der Waals surface area contributed by atoms with Gasteiger partial charge in [0.15, 0.2) is 5.82 Å². The van der Waals surface area contributed by atoms with Crippen LogP contribution in [0.25, 0.3) is 0 Å². The fourth-order valence-electron chi connectivity index (χ4n) is 1.39. The van der Waals surface area contributed by atoms with Gasteiger partial charge < -0.3 is 9.88 Å². The first-order valence-corrected chi connectivity index (χ1v) is 5.55. The first-order chi connectivity index (χ1) is 8.86. The molecule has 0 amide bonds. The number of halogens is 4. The number of aryl methyl sites for hydroxylation is 1. The molecule has 0 aromatic carbocycles. The van der Waals surface area contributed by atoms with E-state index >= 15 is 0 Å². The summed E-state index contributed by atoms with van der Waals surface area (Å²) in [4.78, 5) is 3.77. The van der Waals surface area contributed by atoms with Gasteiger partial charge in [0.2, 0.25) is 0 Å². The van der Waals surface area contributed by atoms with Gasteiger partial charge in [-0.2, -0.15) is 13.2 Å². The summed E-state index contributed by atoms with van der Waals surface area (Å²) in [5.41, 5.74) is -0.854. The van der Waals surface area contributed by atoms with Crippen LogP contribution in [0.4, 0.5) is 19.0 Å². The first-order valence-electron chi connectivity index (χ1n) is 5.18. The molecular weight excluding hydrogens is 283 g/mol. The standard InChI is InChI=1S/C10H9ClF3N5/c1-19-5-16-18-9(19)4-15-8-3-6(10(12,13)14)2-7(11)17-8/h2-3,5H,4H2,1H3,(H,15,17). The fourth-order valence-corrected chi connectivity index (χ4v) is 1.60. The average molecular weight is 292 g/mol. The van der Waals surface area contributed by atoms with E-state index in [1.165, 1.54) is 6.33 Å². The molecule has 102 valence electrons. The van der Waals surface area contributed by atoms with E-state index in [2.05, 4.69) is 20.5 Å². The van der Waals surface area contributed by atoms with Gasteiger partial charge in [0.05, 0.1) is 12.1 Å². The molecule has 19 heavy (non-hydrogen) atoms. The maximum Gasteiger partial charge on any atom is 0.416 e. The molecule has 0 bridgehead atoms. The van der Waals surface area contributed by atoms with Gasteiger partial charge in [-0.1, -0.05) is 11.6 Å². The lowest BCUT2D eigenvalue weighted by Gasteiger charge is -2.10. The second-order valence-corrected chi connectivity index (χ2v) is 4.16. The molecule has 0 unspecified atom stereocenters. The highest BCUT2D eigenvalue weighted by Crippen LogP contribution is 2.31. The van der Waals surface area contributed by atoms with E-state index in [9.17, 15) is 13.2 Å². The van der Waals surface area contributed by atoms with E-state index in [4.69, 9.17) is 11.6 Å². The number of alkyl halides is 3. The van der Waals surface area contributed by atoms with Gasteiger partial charge in [0.1, 0.15) is 17.3 Å². The van der Waals surface area contributed by atoms with Crippen LogP contribution in [-0.2, 0) is 19.8 Å². The Kier molecular flexibility index (Phi) is 3.61. The van der Waals surface area contributed by atoms with Gasteiger partial charge in [-0.05, 0) is 12.1 Å². The highest BCUT2D eigenvalue weighted by atomic mass is 35.5. The van der Waals surface area contributed by atoms with Crippen molar-refractivity contribution in [1.29, 1.82) is 0 Å². The molecule has 5 nitrogen and oxygen atoms in total. The van der Waals surface area contributed by atoms with Crippen molar-refractivity contribution in [3.05, 3.63) is 35.0 Å². The van der Waals surface area contributed by atoms with E-state index < -0.39 is 11.7 Å². The van der Waals surface area contributed by atoms with Crippen LogP contribution in [-0.4, -0.2) is 19.7 Å². The quantitative estimate of drug-likeness (QED) is 0.883. The number of rotatable bonds is 3. The van der Waals surface area contributed by atoms with Crippen molar-refractivity contribution in [2.45, 2.75) is 12.7 Å². The third-order valence-corrected chi connectivity index (χ3v) is 2.55. The Balaban J connectivity index is 2.17. The number of hydrogen-bond donors (Lipinski definition) is 1. The molecule has 0 radical (unpaired) electrons. The number of nitrogens with one attached hydrogen (secondary N) is 1. The zero-order valence-corrected chi connectivity index (χ0v) is 10.5. The lowest BCUT2D eigenvalue weighted by atomic mass is 10.2. The van der Waals surface area contributed by atoms with Crippen LogP contribution in [0.2, 0.25) is 5.15 Å². The van der Waals surface area contributed by atoms with E-state index in [1.54, 1.807) is 11.6 Å². The molecule has 0 fully saturated rings. The summed E-state index contributed by atoms with van der Waals surface area (Å²) in [5.74, 6) is 0.596. The van der Waals surface area contributed by atoms with Gasteiger partial charge >= 0.3 is 6.18 Å². The Labute approximate surface area is 111 Å². The number of anilines is 1. The number of nitrogens with zero attached hydrogens (tertiary/aromatic N) is 4. The van der Waals surface area contributed by atoms with Crippen LogP contribution in [0, 0.1) is 0 Å². The van der Waals surface area contributed by atoms with E-state index in [-0.39, 0.29) is 17.5 Å². The third-order valence-electron chi connectivity index (χ3n) is 2.35. The molecule has 9 heteroatoms. The summed E-state index contributed by atoms with van der Waals surface area (Å²) in [6.45, 7) is 0.196. The summed E-state index contributed by atoms with van der Waals surface area (Å²) in [6, 6.07) is 1.66. The highest BCUT2D eigenvalue weighted by molar-refractivity contribution is 6.29. The predicted molar refractivity (Wildman–Crippen MR) is 62.6 cm³/mol. The number of pyridine rings is 1. The summed E-state index contributed by atoms with van der Waals surface area (Å²) in [7, 11) is 1.73. The molecule has 2 rings (SSSR count). The maximum atomic E-state index is 12.6. The molecule has 2 aromatic rings. The largest absolute Gasteiger partial charge is 0.416 e. The zero-order valence-electron chi connectivity index (χ0n) is 9.74. The minimum Gasteiger partial charge on any atom is -0.363 e. The van der Waals surface area contributed by atoms with Crippen molar-refractivity contribution in [1.82, 2.24) is 19.7 Å². The van der Waals surface area contributed by atoms with Crippen molar-refractivity contribution in [2.24, 2.45) is 7.05 Å². The second-order valence-electron chi connectivity index (χ2n) is 3.77. The Bertz CT molecular complexity index is 581. The second kappa shape index (κ2) is 5.04. The molecule has 0 saturated carbocycles. The van der Waals surface area contributed by atoms with Gasteiger partial charge in [0.25, 0.3) is 0 Å².